The van der Waals surface area contributed by atoms with Crippen LogP contribution in [0.2, 0.25) is 10.3 Å². The molecule has 0 saturated heterocycles. The first-order valence-electron chi connectivity index (χ1n) is 4.59. The van der Waals surface area contributed by atoms with E-state index in [0.717, 1.165) is 0 Å². The maximum atomic E-state index is 11.0. The van der Waals surface area contributed by atoms with Crippen molar-refractivity contribution in [3.05, 3.63) is 28.0 Å². The van der Waals surface area contributed by atoms with Gasteiger partial charge in [0, 0.05) is 5.56 Å². The maximum absolute atomic E-state index is 11.0. The molecule has 3 nitrogen and oxygen atoms in total. The number of aromatic nitrogens is 1. The largest absolute Gasteiger partial charge is 0.465 e. The van der Waals surface area contributed by atoms with Gasteiger partial charge in [0.2, 0.25) is 0 Å². The summed E-state index contributed by atoms with van der Waals surface area (Å²) in [4.78, 5) is 14.8. The van der Waals surface area contributed by atoms with Crippen molar-refractivity contribution in [3.8, 4) is 11.8 Å². The van der Waals surface area contributed by atoms with Crippen LogP contribution in [0.5, 0.6) is 0 Å². The van der Waals surface area contributed by atoms with Crippen LogP contribution in [0.3, 0.4) is 0 Å². The van der Waals surface area contributed by atoms with Crippen molar-refractivity contribution in [2.24, 2.45) is 0 Å². The zero-order valence-corrected chi connectivity index (χ0v) is 10.1. The molecule has 0 spiro atoms. The van der Waals surface area contributed by atoms with E-state index in [-0.39, 0.29) is 22.7 Å². The fourth-order valence-corrected chi connectivity index (χ4v) is 1.43. The van der Waals surface area contributed by atoms with E-state index < -0.39 is 0 Å². The molecule has 0 aliphatic heterocycles. The van der Waals surface area contributed by atoms with Crippen LogP contribution in [0.1, 0.15) is 18.9 Å². The molecule has 0 radical (unpaired) electrons. The van der Waals surface area contributed by atoms with Gasteiger partial charge in [-0.15, -0.1) is 0 Å². The molecule has 0 atom stereocenters. The summed E-state index contributed by atoms with van der Waals surface area (Å²) in [6.45, 7) is 2.10. The Hall–Kier alpha value is -1.24. The van der Waals surface area contributed by atoms with Crippen molar-refractivity contribution >= 4 is 29.2 Å². The van der Waals surface area contributed by atoms with Crippen molar-refractivity contribution in [1.82, 2.24) is 4.98 Å². The van der Waals surface area contributed by atoms with Gasteiger partial charge < -0.3 is 4.74 Å². The van der Waals surface area contributed by atoms with Gasteiger partial charge in [-0.25, -0.2) is 4.98 Å². The fraction of sp³-hybridized carbons (Fsp3) is 0.273. The normalized spacial score (nSPS) is 9.19. The van der Waals surface area contributed by atoms with Crippen molar-refractivity contribution in [1.29, 1.82) is 0 Å². The molecular formula is C11H9Cl2NO2. The van der Waals surface area contributed by atoms with E-state index in [9.17, 15) is 4.79 Å². The summed E-state index contributed by atoms with van der Waals surface area (Å²) in [7, 11) is 0. The van der Waals surface area contributed by atoms with Crippen LogP contribution >= 0.6 is 23.2 Å². The Kier molecular flexibility index (Phi) is 5.10. The first-order chi connectivity index (χ1) is 7.61. The Morgan fingerprint density at radius 3 is 2.62 bits per heavy atom. The number of pyridine rings is 1. The summed E-state index contributed by atoms with van der Waals surface area (Å²) < 4.78 is 4.72. The molecule has 0 bridgehead atoms. The van der Waals surface area contributed by atoms with Crippen LogP contribution < -0.4 is 0 Å². The number of ether oxygens (including phenoxy) is 1. The third kappa shape index (κ3) is 4.52. The van der Waals surface area contributed by atoms with Crippen molar-refractivity contribution in [2.75, 3.05) is 6.61 Å². The second kappa shape index (κ2) is 6.37. The maximum Gasteiger partial charge on any atom is 0.317 e. The Morgan fingerprint density at radius 2 is 2.06 bits per heavy atom. The molecule has 1 heterocycles. The lowest BCUT2D eigenvalue weighted by molar-refractivity contribution is -0.141. The molecule has 0 amide bonds. The van der Waals surface area contributed by atoms with E-state index in [1.54, 1.807) is 19.1 Å². The van der Waals surface area contributed by atoms with Gasteiger partial charge in [-0.2, -0.15) is 0 Å². The highest BCUT2D eigenvalue weighted by atomic mass is 35.5. The van der Waals surface area contributed by atoms with Gasteiger partial charge in [0.05, 0.1) is 6.61 Å². The van der Waals surface area contributed by atoms with Crippen LogP contribution in [-0.4, -0.2) is 17.6 Å². The topological polar surface area (TPSA) is 39.2 Å². The number of rotatable bonds is 2. The molecule has 1 aromatic rings. The SMILES string of the molecule is CCOC(=O)CC#Cc1cc(Cl)nc(Cl)c1. The molecule has 0 fully saturated rings. The van der Waals surface area contributed by atoms with Gasteiger partial charge in [-0.3, -0.25) is 4.79 Å². The predicted octanol–water partition coefficient (Wildman–Crippen LogP) is 2.69. The summed E-state index contributed by atoms with van der Waals surface area (Å²) in [6.07, 6.45) is 0.0470. The highest BCUT2D eigenvalue weighted by molar-refractivity contribution is 6.32. The van der Waals surface area contributed by atoms with E-state index in [1.807, 2.05) is 0 Å². The van der Waals surface area contributed by atoms with Crippen molar-refractivity contribution in [2.45, 2.75) is 13.3 Å². The molecule has 0 aliphatic rings. The van der Waals surface area contributed by atoms with E-state index in [1.165, 1.54) is 0 Å². The average molecular weight is 258 g/mol. The number of hydrogen-bond acceptors (Lipinski definition) is 3. The van der Waals surface area contributed by atoms with E-state index in [4.69, 9.17) is 27.9 Å². The van der Waals surface area contributed by atoms with Gasteiger partial charge in [-0.1, -0.05) is 35.0 Å². The lowest BCUT2D eigenvalue weighted by Gasteiger charge is -1.95. The minimum atomic E-state index is -0.346. The Bertz CT molecular complexity index is 429. The second-order valence-corrected chi connectivity index (χ2v) is 3.56. The fourth-order valence-electron chi connectivity index (χ4n) is 0.967. The van der Waals surface area contributed by atoms with Gasteiger partial charge in [0.1, 0.15) is 16.7 Å². The number of hydrogen-bond donors (Lipinski definition) is 0. The number of nitrogens with zero attached hydrogens (tertiary/aromatic N) is 1. The molecule has 0 N–H and O–H groups in total. The number of esters is 1. The molecule has 0 aromatic carbocycles. The highest BCUT2D eigenvalue weighted by Crippen LogP contribution is 2.13. The Balaban J connectivity index is 2.66. The van der Waals surface area contributed by atoms with E-state index in [0.29, 0.717) is 12.2 Å². The zero-order valence-electron chi connectivity index (χ0n) is 8.59. The second-order valence-electron chi connectivity index (χ2n) is 2.78. The molecule has 0 saturated carbocycles. The van der Waals surface area contributed by atoms with Gasteiger partial charge in [0.15, 0.2) is 0 Å². The molecule has 0 aliphatic carbocycles. The minimum absolute atomic E-state index is 0.0470. The van der Waals surface area contributed by atoms with Crippen molar-refractivity contribution in [3.63, 3.8) is 0 Å². The van der Waals surface area contributed by atoms with E-state index >= 15 is 0 Å². The lowest BCUT2D eigenvalue weighted by atomic mass is 10.2. The minimum Gasteiger partial charge on any atom is -0.465 e. The summed E-state index contributed by atoms with van der Waals surface area (Å²) in [5.74, 6) is 5.08. The monoisotopic (exact) mass is 257 g/mol. The highest BCUT2D eigenvalue weighted by Gasteiger charge is 1.98. The molecular weight excluding hydrogens is 249 g/mol. The van der Waals surface area contributed by atoms with Crippen LogP contribution in [0, 0.1) is 11.8 Å². The first kappa shape index (κ1) is 12.8. The first-order valence-corrected chi connectivity index (χ1v) is 5.35. The van der Waals surface area contributed by atoms with Crippen LogP contribution in [0.4, 0.5) is 0 Å². The van der Waals surface area contributed by atoms with Crippen LogP contribution in [0.15, 0.2) is 12.1 Å². The van der Waals surface area contributed by atoms with Crippen LogP contribution in [-0.2, 0) is 9.53 Å². The molecule has 5 heteroatoms. The average Bonchev–Trinajstić information content (AvgIpc) is 2.16. The number of carbonyl (C=O) groups excluding carboxylic acids is 1. The smallest absolute Gasteiger partial charge is 0.317 e. The van der Waals surface area contributed by atoms with Crippen molar-refractivity contribution < 1.29 is 9.53 Å². The third-order valence-corrected chi connectivity index (χ3v) is 1.92. The summed E-state index contributed by atoms with van der Waals surface area (Å²) in [5, 5.41) is 0.542. The summed E-state index contributed by atoms with van der Waals surface area (Å²) >= 11 is 11.4. The van der Waals surface area contributed by atoms with E-state index in [2.05, 4.69) is 16.8 Å². The molecule has 0 unspecified atom stereocenters. The standard InChI is InChI=1S/C11H9Cl2NO2/c1-2-16-11(15)5-3-4-8-6-9(12)14-10(13)7-8/h6-7H,2,5H2,1H3. The Morgan fingerprint density at radius 1 is 1.44 bits per heavy atom. The molecule has 1 rings (SSSR count). The molecule has 16 heavy (non-hydrogen) atoms. The zero-order chi connectivity index (χ0) is 12.0. The predicted molar refractivity (Wildman–Crippen MR) is 62.4 cm³/mol. The summed E-state index contributed by atoms with van der Waals surface area (Å²) in [5.41, 5.74) is 0.620. The van der Waals surface area contributed by atoms with Gasteiger partial charge in [0.25, 0.3) is 0 Å². The number of carbonyl (C=O) groups is 1. The quantitative estimate of drug-likeness (QED) is 0.465. The third-order valence-electron chi connectivity index (χ3n) is 1.53. The lowest BCUT2D eigenvalue weighted by Crippen LogP contribution is -2.01. The molecule has 1 aromatic heterocycles. The Labute approximate surface area is 104 Å². The summed E-state index contributed by atoms with van der Waals surface area (Å²) in [6, 6.07) is 3.15. The van der Waals surface area contributed by atoms with Gasteiger partial charge >= 0.3 is 5.97 Å². The number of halogens is 2. The van der Waals surface area contributed by atoms with Gasteiger partial charge in [-0.05, 0) is 19.1 Å². The molecule has 84 valence electrons. The van der Waals surface area contributed by atoms with Crippen LogP contribution in [0.25, 0.3) is 0 Å².